The van der Waals surface area contributed by atoms with E-state index in [9.17, 15) is 4.79 Å². The van der Waals surface area contributed by atoms with Gasteiger partial charge in [0.05, 0.1) is 19.9 Å². The summed E-state index contributed by atoms with van der Waals surface area (Å²) in [7, 11) is 3.18. The van der Waals surface area contributed by atoms with Crippen LogP contribution in [0.2, 0.25) is 0 Å². The van der Waals surface area contributed by atoms with Gasteiger partial charge in [-0.05, 0) is 29.8 Å². The van der Waals surface area contributed by atoms with Gasteiger partial charge in [-0.2, -0.15) is 0 Å². The first-order valence-corrected chi connectivity index (χ1v) is 8.47. The lowest BCUT2D eigenvalue weighted by Gasteiger charge is -2.12. The summed E-state index contributed by atoms with van der Waals surface area (Å²) in [4.78, 5) is 16.7. The van der Waals surface area contributed by atoms with E-state index in [1.807, 2.05) is 42.5 Å². The zero-order valence-electron chi connectivity index (χ0n) is 15.2. The van der Waals surface area contributed by atoms with E-state index >= 15 is 0 Å². The van der Waals surface area contributed by atoms with E-state index in [2.05, 4.69) is 15.6 Å². The predicted molar refractivity (Wildman–Crippen MR) is 105 cm³/mol. The minimum Gasteiger partial charge on any atom is -0.497 e. The number of hydrogen-bond acceptors (Lipinski definition) is 5. The van der Waals surface area contributed by atoms with Crippen LogP contribution >= 0.6 is 0 Å². The molecule has 0 saturated carbocycles. The monoisotopic (exact) mass is 363 g/mol. The minimum absolute atomic E-state index is 0.161. The molecule has 1 amide bonds. The van der Waals surface area contributed by atoms with Crippen LogP contribution in [0.3, 0.4) is 0 Å². The van der Waals surface area contributed by atoms with Crippen molar-refractivity contribution in [2.24, 2.45) is 0 Å². The average Bonchev–Trinajstić information content (AvgIpc) is 2.73. The smallest absolute Gasteiger partial charge is 0.251 e. The molecule has 0 bridgehead atoms. The molecule has 0 saturated heterocycles. The van der Waals surface area contributed by atoms with Crippen molar-refractivity contribution < 1.29 is 14.3 Å². The number of nitrogens with zero attached hydrogens (tertiary/aromatic N) is 1. The standard InChI is InChI=1S/C21H21N3O3/c1-26-17-8-9-18(19(13-17)27-2)24-20-12-16(10-11-22-20)21(25)23-14-15-6-4-3-5-7-15/h3-13H,14H2,1-2H3,(H,22,24)(H,23,25). The number of ether oxygens (including phenoxy) is 2. The van der Waals surface area contributed by atoms with Crippen molar-refractivity contribution in [2.45, 2.75) is 6.54 Å². The lowest BCUT2D eigenvalue weighted by atomic mass is 10.2. The molecule has 2 aromatic carbocycles. The SMILES string of the molecule is COc1ccc(Nc2cc(C(=O)NCc3ccccc3)ccn2)c(OC)c1. The highest BCUT2D eigenvalue weighted by Crippen LogP contribution is 2.31. The van der Waals surface area contributed by atoms with Crippen LogP contribution in [0.15, 0.2) is 66.9 Å². The molecule has 1 heterocycles. The second-order valence-corrected chi connectivity index (χ2v) is 5.79. The number of amides is 1. The van der Waals surface area contributed by atoms with Crippen LogP contribution in [0.25, 0.3) is 0 Å². The molecule has 0 radical (unpaired) electrons. The number of aromatic nitrogens is 1. The molecule has 0 aliphatic heterocycles. The van der Waals surface area contributed by atoms with Gasteiger partial charge in [0.25, 0.3) is 5.91 Å². The third-order valence-electron chi connectivity index (χ3n) is 3.99. The van der Waals surface area contributed by atoms with Gasteiger partial charge in [0.15, 0.2) is 0 Å². The summed E-state index contributed by atoms with van der Waals surface area (Å²) in [5.74, 6) is 1.70. The molecule has 0 aliphatic rings. The predicted octanol–water partition coefficient (Wildman–Crippen LogP) is 3.77. The molecule has 0 aliphatic carbocycles. The second kappa shape index (κ2) is 8.71. The molecule has 138 valence electrons. The Morgan fingerprint density at radius 2 is 1.81 bits per heavy atom. The molecule has 6 heteroatoms. The van der Waals surface area contributed by atoms with Crippen molar-refractivity contribution >= 4 is 17.4 Å². The highest BCUT2D eigenvalue weighted by molar-refractivity contribution is 5.94. The Morgan fingerprint density at radius 1 is 1.00 bits per heavy atom. The van der Waals surface area contributed by atoms with E-state index in [1.54, 1.807) is 38.6 Å². The third-order valence-corrected chi connectivity index (χ3v) is 3.99. The minimum atomic E-state index is -0.161. The zero-order valence-corrected chi connectivity index (χ0v) is 15.2. The molecule has 3 aromatic rings. The first-order valence-electron chi connectivity index (χ1n) is 8.47. The van der Waals surface area contributed by atoms with Gasteiger partial charge in [0.1, 0.15) is 17.3 Å². The van der Waals surface area contributed by atoms with Gasteiger partial charge in [-0.25, -0.2) is 4.98 Å². The maximum Gasteiger partial charge on any atom is 0.251 e. The second-order valence-electron chi connectivity index (χ2n) is 5.79. The fourth-order valence-electron chi connectivity index (χ4n) is 2.56. The number of carbonyl (C=O) groups excluding carboxylic acids is 1. The fourth-order valence-corrected chi connectivity index (χ4v) is 2.56. The molecule has 27 heavy (non-hydrogen) atoms. The molecule has 0 spiro atoms. The Kier molecular flexibility index (Phi) is 5.89. The van der Waals surface area contributed by atoms with Crippen LogP contribution in [-0.2, 0) is 6.54 Å². The number of nitrogens with one attached hydrogen (secondary N) is 2. The summed E-state index contributed by atoms with van der Waals surface area (Å²) in [6, 6.07) is 18.6. The lowest BCUT2D eigenvalue weighted by molar-refractivity contribution is 0.0951. The first kappa shape index (κ1) is 18.3. The van der Waals surface area contributed by atoms with Crippen LogP contribution < -0.4 is 20.1 Å². The van der Waals surface area contributed by atoms with Gasteiger partial charge in [0.2, 0.25) is 0 Å². The van der Waals surface area contributed by atoms with Crippen LogP contribution in [0.5, 0.6) is 11.5 Å². The number of benzene rings is 2. The highest BCUT2D eigenvalue weighted by Gasteiger charge is 2.09. The van der Waals surface area contributed by atoms with E-state index in [-0.39, 0.29) is 5.91 Å². The normalized spacial score (nSPS) is 10.1. The lowest BCUT2D eigenvalue weighted by Crippen LogP contribution is -2.22. The first-order chi connectivity index (χ1) is 13.2. The van der Waals surface area contributed by atoms with Crippen LogP contribution in [-0.4, -0.2) is 25.1 Å². The number of pyridine rings is 1. The van der Waals surface area contributed by atoms with Crippen molar-refractivity contribution in [3.05, 3.63) is 78.0 Å². The van der Waals surface area contributed by atoms with Gasteiger partial charge < -0.3 is 20.1 Å². The molecule has 6 nitrogen and oxygen atoms in total. The van der Waals surface area contributed by atoms with Crippen LogP contribution in [0, 0.1) is 0 Å². The molecule has 2 N–H and O–H groups in total. The average molecular weight is 363 g/mol. The Hall–Kier alpha value is -3.54. The van der Waals surface area contributed by atoms with Gasteiger partial charge >= 0.3 is 0 Å². The summed E-state index contributed by atoms with van der Waals surface area (Å²) >= 11 is 0. The number of carbonyl (C=O) groups is 1. The van der Waals surface area contributed by atoms with Gasteiger partial charge in [0, 0.05) is 24.4 Å². The fraction of sp³-hybridized carbons (Fsp3) is 0.143. The van der Waals surface area contributed by atoms with Crippen molar-refractivity contribution in [3.63, 3.8) is 0 Å². The van der Waals surface area contributed by atoms with E-state index in [1.165, 1.54) is 0 Å². The van der Waals surface area contributed by atoms with Crippen molar-refractivity contribution in [3.8, 4) is 11.5 Å². The van der Waals surface area contributed by atoms with Crippen LogP contribution in [0.4, 0.5) is 11.5 Å². The van der Waals surface area contributed by atoms with E-state index < -0.39 is 0 Å². The van der Waals surface area contributed by atoms with Gasteiger partial charge in [-0.1, -0.05) is 30.3 Å². The molecular weight excluding hydrogens is 342 g/mol. The Morgan fingerprint density at radius 3 is 2.56 bits per heavy atom. The van der Waals surface area contributed by atoms with Gasteiger partial charge in [-0.3, -0.25) is 4.79 Å². The van der Waals surface area contributed by atoms with Crippen molar-refractivity contribution in [1.29, 1.82) is 0 Å². The summed E-state index contributed by atoms with van der Waals surface area (Å²) in [5, 5.41) is 6.08. The maximum atomic E-state index is 12.4. The Balaban J connectivity index is 1.71. The number of anilines is 2. The molecule has 0 atom stereocenters. The topological polar surface area (TPSA) is 72.5 Å². The Labute approximate surface area is 158 Å². The number of hydrogen-bond donors (Lipinski definition) is 2. The third kappa shape index (κ3) is 4.76. The summed E-state index contributed by atoms with van der Waals surface area (Å²) in [6.07, 6.45) is 1.59. The summed E-state index contributed by atoms with van der Waals surface area (Å²) in [5.41, 5.74) is 2.30. The Bertz CT molecular complexity index is 914. The molecular formula is C21H21N3O3. The molecule has 1 aromatic heterocycles. The zero-order chi connectivity index (χ0) is 19.1. The van der Waals surface area contributed by atoms with Gasteiger partial charge in [-0.15, -0.1) is 0 Å². The largest absolute Gasteiger partial charge is 0.497 e. The molecule has 3 rings (SSSR count). The van der Waals surface area contributed by atoms with E-state index in [0.717, 1.165) is 11.3 Å². The van der Waals surface area contributed by atoms with E-state index in [4.69, 9.17) is 9.47 Å². The van der Waals surface area contributed by atoms with Crippen LogP contribution in [0.1, 0.15) is 15.9 Å². The molecule has 0 fully saturated rings. The maximum absolute atomic E-state index is 12.4. The quantitative estimate of drug-likeness (QED) is 0.668. The molecule has 0 unspecified atom stereocenters. The van der Waals surface area contributed by atoms with Crippen molar-refractivity contribution in [2.75, 3.05) is 19.5 Å². The van der Waals surface area contributed by atoms with E-state index in [0.29, 0.717) is 29.4 Å². The van der Waals surface area contributed by atoms with Crippen molar-refractivity contribution in [1.82, 2.24) is 10.3 Å². The highest BCUT2D eigenvalue weighted by atomic mass is 16.5. The summed E-state index contributed by atoms with van der Waals surface area (Å²) < 4.78 is 10.6. The number of rotatable bonds is 7. The summed E-state index contributed by atoms with van der Waals surface area (Å²) in [6.45, 7) is 0.469. The number of methoxy groups -OCH3 is 2.